The molecule has 1 aliphatic heterocycles. The third-order valence-electron chi connectivity index (χ3n) is 3.86. The lowest BCUT2D eigenvalue weighted by atomic mass is 10.1. The van der Waals surface area contributed by atoms with Crippen LogP contribution >= 0.6 is 11.8 Å². The Morgan fingerprint density at radius 1 is 1.00 bits per heavy atom. The summed E-state index contributed by atoms with van der Waals surface area (Å²) in [4.78, 5) is 0. The van der Waals surface area contributed by atoms with E-state index in [4.69, 9.17) is 0 Å². The van der Waals surface area contributed by atoms with E-state index in [2.05, 4.69) is 17.1 Å². The summed E-state index contributed by atoms with van der Waals surface area (Å²) in [6.07, 6.45) is 8.80. The van der Waals surface area contributed by atoms with Gasteiger partial charge in [-0.3, -0.25) is 0 Å². The molecule has 3 rings (SSSR count). The lowest BCUT2D eigenvalue weighted by Crippen LogP contribution is -2.43. The molecule has 3 aliphatic rings. The zero-order valence-electron chi connectivity index (χ0n) is 8.22. The average molecular weight is 197 g/mol. The summed E-state index contributed by atoms with van der Waals surface area (Å²) < 4.78 is 0. The zero-order valence-corrected chi connectivity index (χ0v) is 9.04. The zero-order chi connectivity index (χ0) is 8.73. The second-order valence-electron chi connectivity index (χ2n) is 4.96. The summed E-state index contributed by atoms with van der Waals surface area (Å²) in [7, 11) is 0. The number of nitrogens with one attached hydrogen (secondary N) is 1. The van der Waals surface area contributed by atoms with Crippen LogP contribution in [-0.2, 0) is 0 Å². The number of rotatable bonds is 3. The normalized spacial score (nSPS) is 33.2. The highest BCUT2D eigenvalue weighted by atomic mass is 32.2. The van der Waals surface area contributed by atoms with Crippen molar-refractivity contribution in [1.29, 1.82) is 0 Å². The quantitative estimate of drug-likeness (QED) is 0.745. The van der Waals surface area contributed by atoms with Gasteiger partial charge in [-0.05, 0) is 55.9 Å². The van der Waals surface area contributed by atoms with Gasteiger partial charge in [0.05, 0.1) is 0 Å². The van der Waals surface area contributed by atoms with Crippen LogP contribution in [0.2, 0.25) is 0 Å². The highest BCUT2D eigenvalue weighted by Crippen LogP contribution is 2.54. The lowest BCUT2D eigenvalue weighted by Gasteiger charge is -2.28. The van der Waals surface area contributed by atoms with Crippen LogP contribution in [0, 0.1) is 5.92 Å². The second kappa shape index (κ2) is 3.16. The summed E-state index contributed by atoms with van der Waals surface area (Å²) >= 11 is 2.13. The number of hydrogen-bond donors (Lipinski definition) is 1. The highest BCUT2D eigenvalue weighted by Gasteiger charge is 2.54. The molecule has 1 saturated heterocycles. The Bertz CT molecular complexity index is 190. The first-order valence-electron chi connectivity index (χ1n) is 5.74. The van der Waals surface area contributed by atoms with Gasteiger partial charge in [0.1, 0.15) is 0 Å². The van der Waals surface area contributed by atoms with E-state index in [-0.39, 0.29) is 0 Å². The molecule has 0 bridgehead atoms. The van der Waals surface area contributed by atoms with Crippen LogP contribution in [0.25, 0.3) is 0 Å². The van der Waals surface area contributed by atoms with Crippen LogP contribution in [-0.4, -0.2) is 23.1 Å². The van der Waals surface area contributed by atoms with Gasteiger partial charge in [0, 0.05) is 11.6 Å². The monoisotopic (exact) mass is 197 g/mol. The van der Waals surface area contributed by atoms with Crippen LogP contribution in [0.15, 0.2) is 0 Å². The Balaban J connectivity index is 1.55. The van der Waals surface area contributed by atoms with Crippen LogP contribution in [0.4, 0.5) is 0 Å². The van der Waals surface area contributed by atoms with Gasteiger partial charge in [-0.2, -0.15) is 11.8 Å². The molecule has 0 aromatic carbocycles. The van der Waals surface area contributed by atoms with Gasteiger partial charge in [-0.25, -0.2) is 0 Å². The molecule has 1 nitrogen and oxygen atoms in total. The van der Waals surface area contributed by atoms with Crippen molar-refractivity contribution in [2.24, 2.45) is 5.92 Å². The van der Waals surface area contributed by atoms with E-state index in [0.29, 0.717) is 5.54 Å². The Morgan fingerprint density at radius 2 is 1.69 bits per heavy atom. The fraction of sp³-hybridized carbons (Fsp3) is 1.00. The van der Waals surface area contributed by atoms with Crippen LogP contribution in [0.3, 0.4) is 0 Å². The first-order valence-corrected chi connectivity index (χ1v) is 6.90. The predicted octanol–water partition coefficient (Wildman–Crippen LogP) is 2.41. The fourth-order valence-corrected chi connectivity index (χ4v) is 3.80. The molecule has 13 heavy (non-hydrogen) atoms. The predicted molar refractivity (Wildman–Crippen MR) is 58.2 cm³/mol. The van der Waals surface area contributed by atoms with Crippen molar-refractivity contribution in [2.75, 3.05) is 11.5 Å². The largest absolute Gasteiger partial charge is 0.308 e. The Hall–Kier alpha value is 0.310. The van der Waals surface area contributed by atoms with E-state index in [1.165, 1.54) is 50.0 Å². The van der Waals surface area contributed by atoms with Crippen molar-refractivity contribution in [2.45, 2.75) is 50.1 Å². The SMILES string of the molecule is C1CC(NC2(C3CC3)CC2)CCS1. The molecule has 0 aromatic rings. The maximum absolute atomic E-state index is 3.95. The maximum Gasteiger partial charge on any atom is 0.0213 e. The van der Waals surface area contributed by atoms with E-state index in [9.17, 15) is 0 Å². The van der Waals surface area contributed by atoms with Crippen LogP contribution in [0.5, 0.6) is 0 Å². The molecule has 0 amide bonds. The van der Waals surface area contributed by atoms with Crippen molar-refractivity contribution in [3.8, 4) is 0 Å². The lowest BCUT2D eigenvalue weighted by molar-refractivity contribution is 0.361. The summed E-state index contributed by atoms with van der Waals surface area (Å²) in [5.41, 5.74) is 0.659. The highest BCUT2D eigenvalue weighted by molar-refractivity contribution is 7.99. The van der Waals surface area contributed by atoms with Gasteiger partial charge in [0.15, 0.2) is 0 Å². The minimum atomic E-state index is 0.659. The van der Waals surface area contributed by atoms with E-state index in [0.717, 1.165) is 12.0 Å². The van der Waals surface area contributed by atoms with Crippen LogP contribution in [0.1, 0.15) is 38.5 Å². The first kappa shape index (κ1) is 8.60. The minimum Gasteiger partial charge on any atom is -0.308 e. The van der Waals surface area contributed by atoms with Gasteiger partial charge >= 0.3 is 0 Å². The third-order valence-corrected chi connectivity index (χ3v) is 4.91. The molecule has 0 atom stereocenters. The van der Waals surface area contributed by atoms with E-state index in [1.807, 2.05) is 0 Å². The fourth-order valence-electron chi connectivity index (χ4n) is 2.69. The van der Waals surface area contributed by atoms with Crippen LogP contribution < -0.4 is 5.32 Å². The number of thioether (sulfide) groups is 1. The first-order chi connectivity index (χ1) is 6.39. The Morgan fingerprint density at radius 3 is 2.23 bits per heavy atom. The smallest absolute Gasteiger partial charge is 0.0213 e. The molecule has 3 fully saturated rings. The topological polar surface area (TPSA) is 12.0 Å². The summed E-state index contributed by atoms with van der Waals surface area (Å²) in [6, 6.07) is 0.865. The molecule has 0 radical (unpaired) electrons. The summed E-state index contributed by atoms with van der Waals surface area (Å²) in [5, 5.41) is 3.95. The molecule has 0 aromatic heterocycles. The maximum atomic E-state index is 3.95. The minimum absolute atomic E-state index is 0.659. The van der Waals surface area contributed by atoms with Crippen molar-refractivity contribution >= 4 is 11.8 Å². The van der Waals surface area contributed by atoms with Gasteiger partial charge < -0.3 is 5.32 Å². The van der Waals surface area contributed by atoms with E-state index < -0.39 is 0 Å². The molecule has 0 spiro atoms. The number of hydrogen-bond acceptors (Lipinski definition) is 2. The molecule has 74 valence electrons. The molecule has 1 N–H and O–H groups in total. The standard InChI is InChI=1S/C11H19NS/c1-2-9(1)11(5-6-11)12-10-3-7-13-8-4-10/h9-10,12H,1-8H2. The molecule has 1 heterocycles. The Kier molecular flexibility index (Phi) is 2.09. The van der Waals surface area contributed by atoms with E-state index >= 15 is 0 Å². The molecule has 0 unspecified atom stereocenters. The van der Waals surface area contributed by atoms with E-state index in [1.54, 1.807) is 0 Å². The third kappa shape index (κ3) is 1.75. The molecular weight excluding hydrogens is 178 g/mol. The van der Waals surface area contributed by atoms with Crippen molar-refractivity contribution in [3.05, 3.63) is 0 Å². The molecule has 2 aliphatic carbocycles. The second-order valence-corrected chi connectivity index (χ2v) is 6.19. The molecular formula is C11H19NS. The summed E-state index contributed by atoms with van der Waals surface area (Å²) in [5.74, 6) is 3.85. The summed E-state index contributed by atoms with van der Waals surface area (Å²) in [6.45, 7) is 0. The van der Waals surface area contributed by atoms with Gasteiger partial charge in [0.2, 0.25) is 0 Å². The molecule has 2 heteroatoms. The van der Waals surface area contributed by atoms with Gasteiger partial charge in [0.25, 0.3) is 0 Å². The van der Waals surface area contributed by atoms with Gasteiger partial charge in [-0.1, -0.05) is 0 Å². The Labute approximate surface area is 85.0 Å². The van der Waals surface area contributed by atoms with Crippen molar-refractivity contribution in [3.63, 3.8) is 0 Å². The van der Waals surface area contributed by atoms with Gasteiger partial charge in [-0.15, -0.1) is 0 Å². The van der Waals surface area contributed by atoms with Crippen molar-refractivity contribution < 1.29 is 0 Å². The van der Waals surface area contributed by atoms with Crippen molar-refractivity contribution in [1.82, 2.24) is 5.32 Å². The molecule has 2 saturated carbocycles. The average Bonchev–Trinajstić information content (AvgIpc) is 3.00.